The molecule has 0 unspecified atom stereocenters. The first kappa shape index (κ1) is 21.2. The minimum atomic E-state index is -0.707. The number of carbonyl (C=O) groups excluding carboxylic acids is 4. The Bertz CT molecular complexity index is 419. The Kier molecular flexibility index (Phi) is 11.7. The topological polar surface area (TPSA) is 123 Å². The van der Waals surface area contributed by atoms with E-state index in [9.17, 15) is 19.2 Å². The molecule has 0 fully saturated rings. The zero-order valence-electron chi connectivity index (χ0n) is 13.2. The van der Waals surface area contributed by atoms with E-state index in [4.69, 9.17) is 4.74 Å². The molecular weight excluding hydrogens is 326 g/mol. The van der Waals surface area contributed by atoms with Crippen LogP contribution < -0.4 is 16.0 Å². The van der Waals surface area contributed by atoms with E-state index in [-0.39, 0.29) is 38.6 Å². The Morgan fingerprint density at radius 2 is 1.48 bits per heavy atom. The first-order chi connectivity index (χ1) is 10.9. The van der Waals surface area contributed by atoms with Crippen LogP contribution in [0.1, 0.15) is 13.8 Å². The maximum absolute atomic E-state index is 11.6. The first-order valence-corrected chi connectivity index (χ1v) is 7.77. The number of rotatable bonds is 11. The van der Waals surface area contributed by atoms with Gasteiger partial charge in [-0.2, -0.15) is 12.6 Å². The molecular formula is C13H23N3O6S. The van der Waals surface area contributed by atoms with Crippen LogP contribution in [0.3, 0.4) is 0 Å². The molecule has 2 amide bonds. The second kappa shape index (κ2) is 12.7. The van der Waals surface area contributed by atoms with Crippen LogP contribution >= 0.6 is 12.6 Å². The molecule has 0 rings (SSSR count). The third kappa shape index (κ3) is 10.5. The van der Waals surface area contributed by atoms with Crippen molar-refractivity contribution < 1.29 is 28.7 Å². The Morgan fingerprint density at radius 3 is 2.04 bits per heavy atom. The van der Waals surface area contributed by atoms with Gasteiger partial charge in [0, 0.05) is 5.75 Å². The van der Waals surface area contributed by atoms with Crippen molar-refractivity contribution in [3.8, 4) is 0 Å². The van der Waals surface area contributed by atoms with E-state index in [0.29, 0.717) is 0 Å². The summed E-state index contributed by atoms with van der Waals surface area (Å²) in [4.78, 5) is 45.5. The number of carbonyl (C=O) groups is 4. The molecule has 3 N–H and O–H groups in total. The SMILES string of the molecule is CCOC(=O)CNC(=O)CNC(=O)CN[C@@H](CS)C(=O)OCC. The van der Waals surface area contributed by atoms with E-state index in [0.717, 1.165) is 0 Å². The summed E-state index contributed by atoms with van der Waals surface area (Å²) in [5, 5.41) is 7.32. The summed E-state index contributed by atoms with van der Waals surface area (Å²) in [5.41, 5.74) is 0. The lowest BCUT2D eigenvalue weighted by atomic mass is 10.3. The van der Waals surface area contributed by atoms with Crippen LogP contribution in [-0.4, -0.2) is 68.4 Å². The zero-order chi connectivity index (χ0) is 17.7. The molecule has 0 bridgehead atoms. The van der Waals surface area contributed by atoms with Crippen LogP contribution in [0.4, 0.5) is 0 Å². The van der Waals surface area contributed by atoms with Gasteiger partial charge in [0.15, 0.2) is 0 Å². The first-order valence-electron chi connectivity index (χ1n) is 7.14. The molecule has 132 valence electrons. The molecule has 9 nitrogen and oxygen atoms in total. The standard InChI is InChI=1S/C13H23N3O6S/c1-3-21-12(19)7-16-11(18)6-15-10(17)5-14-9(8-23)13(20)22-4-2/h9,14,23H,3-8H2,1-2H3,(H,15,17)(H,16,18)/t9-/m0/s1. The predicted octanol–water partition coefficient (Wildman–Crippen LogP) is -1.77. The summed E-state index contributed by atoms with van der Waals surface area (Å²) in [6.07, 6.45) is 0. The lowest BCUT2D eigenvalue weighted by molar-refractivity contribution is -0.145. The van der Waals surface area contributed by atoms with Gasteiger partial charge in [-0.1, -0.05) is 0 Å². The molecule has 0 heterocycles. The van der Waals surface area contributed by atoms with Gasteiger partial charge < -0.3 is 20.1 Å². The third-order valence-electron chi connectivity index (χ3n) is 2.44. The highest BCUT2D eigenvalue weighted by molar-refractivity contribution is 7.80. The maximum Gasteiger partial charge on any atom is 0.325 e. The van der Waals surface area contributed by atoms with Crippen molar-refractivity contribution >= 4 is 36.4 Å². The quantitative estimate of drug-likeness (QED) is 0.257. The van der Waals surface area contributed by atoms with Crippen molar-refractivity contribution in [1.82, 2.24) is 16.0 Å². The summed E-state index contributed by atoms with van der Waals surface area (Å²) >= 11 is 4.00. The molecule has 10 heteroatoms. The van der Waals surface area contributed by atoms with E-state index in [1.165, 1.54) is 0 Å². The molecule has 23 heavy (non-hydrogen) atoms. The van der Waals surface area contributed by atoms with Crippen molar-refractivity contribution in [2.24, 2.45) is 0 Å². The number of esters is 2. The lowest BCUT2D eigenvalue weighted by Crippen LogP contribution is -2.47. The van der Waals surface area contributed by atoms with Gasteiger partial charge in [-0.15, -0.1) is 0 Å². The highest BCUT2D eigenvalue weighted by Gasteiger charge is 2.18. The van der Waals surface area contributed by atoms with Crippen LogP contribution in [0.15, 0.2) is 0 Å². The van der Waals surface area contributed by atoms with Gasteiger partial charge in [-0.25, -0.2) is 0 Å². The maximum atomic E-state index is 11.6. The monoisotopic (exact) mass is 349 g/mol. The normalized spacial score (nSPS) is 11.3. The van der Waals surface area contributed by atoms with Crippen LogP contribution in [0, 0.1) is 0 Å². The minimum Gasteiger partial charge on any atom is -0.465 e. The van der Waals surface area contributed by atoms with E-state index < -0.39 is 29.8 Å². The molecule has 0 radical (unpaired) electrons. The number of amides is 2. The van der Waals surface area contributed by atoms with Gasteiger partial charge in [0.25, 0.3) is 0 Å². The van der Waals surface area contributed by atoms with Gasteiger partial charge in [0.1, 0.15) is 12.6 Å². The molecule has 1 atom stereocenters. The molecule has 0 aliphatic rings. The highest BCUT2D eigenvalue weighted by Crippen LogP contribution is 1.92. The fourth-order valence-corrected chi connectivity index (χ4v) is 1.65. The second-order valence-corrected chi connectivity index (χ2v) is 4.59. The fourth-order valence-electron chi connectivity index (χ4n) is 1.37. The van der Waals surface area contributed by atoms with Gasteiger partial charge >= 0.3 is 11.9 Å². The van der Waals surface area contributed by atoms with E-state index in [1.807, 2.05) is 0 Å². The Balaban J connectivity index is 3.95. The average Bonchev–Trinajstić information content (AvgIpc) is 2.52. The molecule has 0 aromatic carbocycles. The molecule has 0 saturated heterocycles. The largest absolute Gasteiger partial charge is 0.465 e. The van der Waals surface area contributed by atoms with Crippen LogP contribution in [0.25, 0.3) is 0 Å². The summed E-state index contributed by atoms with van der Waals surface area (Å²) in [7, 11) is 0. The second-order valence-electron chi connectivity index (χ2n) is 4.23. The Labute approximate surface area is 140 Å². The van der Waals surface area contributed by atoms with Gasteiger partial charge in [-0.3, -0.25) is 24.5 Å². The molecule has 0 aromatic heterocycles. The third-order valence-corrected chi connectivity index (χ3v) is 2.81. The molecule has 0 aromatic rings. The summed E-state index contributed by atoms with van der Waals surface area (Å²) in [5.74, 6) is -1.89. The van der Waals surface area contributed by atoms with Gasteiger partial charge in [-0.05, 0) is 13.8 Å². The number of ether oxygens (including phenoxy) is 2. The number of nitrogens with one attached hydrogen (secondary N) is 3. The Morgan fingerprint density at radius 1 is 0.913 bits per heavy atom. The fraction of sp³-hybridized carbons (Fsp3) is 0.692. The molecule has 0 aliphatic heterocycles. The van der Waals surface area contributed by atoms with Crippen molar-refractivity contribution in [2.75, 3.05) is 38.6 Å². The Hall–Kier alpha value is -1.81. The number of hydrogen-bond acceptors (Lipinski definition) is 8. The van der Waals surface area contributed by atoms with Crippen molar-refractivity contribution in [2.45, 2.75) is 19.9 Å². The number of thiol groups is 1. The number of hydrogen-bond donors (Lipinski definition) is 4. The lowest BCUT2D eigenvalue weighted by Gasteiger charge is -2.14. The van der Waals surface area contributed by atoms with Gasteiger partial charge in [0.05, 0.1) is 26.3 Å². The smallest absolute Gasteiger partial charge is 0.325 e. The summed E-state index contributed by atoms with van der Waals surface area (Å²) < 4.78 is 9.45. The molecule has 0 aliphatic carbocycles. The van der Waals surface area contributed by atoms with Gasteiger partial charge in [0.2, 0.25) is 11.8 Å². The molecule has 0 spiro atoms. The van der Waals surface area contributed by atoms with Crippen LogP contribution in [-0.2, 0) is 28.7 Å². The zero-order valence-corrected chi connectivity index (χ0v) is 14.1. The summed E-state index contributed by atoms with van der Waals surface area (Å²) in [6, 6.07) is -0.707. The molecule has 0 saturated carbocycles. The highest BCUT2D eigenvalue weighted by atomic mass is 32.1. The van der Waals surface area contributed by atoms with Crippen LogP contribution in [0.5, 0.6) is 0 Å². The van der Waals surface area contributed by atoms with Crippen molar-refractivity contribution in [3.05, 3.63) is 0 Å². The van der Waals surface area contributed by atoms with Crippen molar-refractivity contribution in [3.63, 3.8) is 0 Å². The van der Waals surface area contributed by atoms with Crippen molar-refractivity contribution in [1.29, 1.82) is 0 Å². The van der Waals surface area contributed by atoms with E-state index >= 15 is 0 Å². The minimum absolute atomic E-state index is 0.171. The summed E-state index contributed by atoms with van der Waals surface area (Å²) in [6.45, 7) is 3.07. The van der Waals surface area contributed by atoms with Crippen LogP contribution in [0.2, 0.25) is 0 Å². The van der Waals surface area contributed by atoms with E-state index in [2.05, 4.69) is 33.3 Å². The average molecular weight is 349 g/mol. The predicted molar refractivity (Wildman–Crippen MR) is 84.9 cm³/mol. The van der Waals surface area contributed by atoms with E-state index in [1.54, 1.807) is 13.8 Å².